The number of anilines is 1. The average Bonchev–Trinajstić information content (AvgIpc) is 2.40. The topological polar surface area (TPSA) is 50.4 Å². The van der Waals surface area contributed by atoms with Crippen molar-refractivity contribution < 1.29 is 9.53 Å². The van der Waals surface area contributed by atoms with Gasteiger partial charge in [0.1, 0.15) is 11.5 Å². The molecule has 0 saturated heterocycles. The van der Waals surface area contributed by atoms with E-state index in [1.807, 2.05) is 42.5 Å². The summed E-state index contributed by atoms with van der Waals surface area (Å²) in [5.41, 5.74) is 0.683. The summed E-state index contributed by atoms with van der Waals surface area (Å²) in [5.74, 6) is 1.43. The zero-order valence-electron chi connectivity index (χ0n) is 10.0. The van der Waals surface area contributed by atoms with Gasteiger partial charge in [0.05, 0.1) is 0 Å². The van der Waals surface area contributed by atoms with Crippen molar-refractivity contribution in [1.29, 1.82) is 0 Å². The Bertz CT molecular complexity index is 526. The molecule has 2 rings (SSSR count). The SMILES string of the molecule is CNC(=O)Nc1cccc(Oc2ccccc2)c1. The highest BCUT2D eigenvalue weighted by atomic mass is 16.5. The van der Waals surface area contributed by atoms with Gasteiger partial charge < -0.3 is 15.4 Å². The molecule has 0 bridgehead atoms. The molecule has 0 heterocycles. The first kappa shape index (κ1) is 12.0. The summed E-state index contributed by atoms with van der Waals surface area (Å²) in [4.78, 5) is 11.2. The minimum atomic E-state index is -0.258. The number of para-hydroxylation sites is 1. The zero-order valence-corrected chi connectivity index (χ0v) is 10.0. The molecule has 0 saturated carbocycles. The lowest BCUT2D eigenvalue weighted by Crippen LogP contribution is -2.24. The second-order valence-corrected chi connectivity index (χ2v) is 3.65. The van der Waals surface area contributed by atoms with E-state index < -0.39 is 0 Å². The van der Waals surface area contributed by atoms with E-state index in [2.05, 4.69) is 10.6 Å². The standard InChI is InChI=1S/C14H14N2O2/c1-15-14(17)16-11-6-5-9-13(10-11)18-12-7-3-2-4-8-12/h2-10H,1H3,(H2,15,16,17). The quantitative estimate of drug-likeness (QED) is 0.868. The molecule has 2 amide bonds. The molecule has 2 N–H and O–H groups in total. The van der Waals surface area contributed by atoms with Gasteiger partial charge in [-0.25, -0.2) is 4.79 Å². The fourth-order valence-electron chi connectivity index (χ4n) is 1.46. The van der Waals surface area contributed by atoms with E-state index >= 15 is 0 Å². The minimum Gasteiger partial charge on any atom is -0.457 e. The van der Waals surface area contributed by atoms with Crippen LogP contribution < -0.4 is 15.4 Å². The smallest absolute Gasteiger partial charge is 0.318 e. The highest BCUT2D eigenvalue weighted by Crippen LogP contribution is 2.23. The number of carbonyl (C=O) groups excluding carboxylic acids is 1. The number of nitrogens with one attached hydrogen (secondary N) is 2. The van der Waals surface area contributed by atoms with Crippen LogP contribution in [-0.2, 0) is 0 Å². The largest absolute Gasteiger partial charge is 0.457 e. The molecule has 0 radical (unpaired) electrons. The molecule has 2 aromatic carbocycles. The molecule has 4 nitrogen and oxygen atoms in total. The summed E-state index contributed by atoms with van der Waals surface area (Å²) in [7, 11) is 1.57. The van der Waals surface area contributed by atoms with E-state index in [-0.39, 0.29) is 6.03 Å². The molecule has 92 valence electrons. The van der Waals surface area contributed by atoms with E-state index in [4.69, 9.17) is 4.74 Å². The van der Waals surface area contributed by atoms with Crippen LogP contribution in [0.4, 0.5) is 10.5 Å². The molecule has 0 fully saturated rings. The second kappa shape index (κ2) is 5.72. The summed E-state index contributed by atoms with van der Waals surface area (Å²) in [6, 6.07) is 16.4. The van der Waals surface area contributed by atoms with Crippen LogP contribution in [0.15, 0.2) is 54.6 Å². The molecule has 0 aliphatic rings. The Kier molecular flexibility index (Phi) is 3.81. The number of rotatable bonds is 3. The molecule has 18 heavy (non-hydrogen) atoms. The van der Waals surface area contributed by atoms with Crippen LogP contribution in [0.3, 0.4) is 0 Å². The Morgan fingerprint density at radius 1 is 1.00 bits per heavy atom. The Hall–Kier alpha value is -2.49. The molecule has 0 atom stereocenters. The number of amides is 2. The summed E-state index contributed by atoms with van der Waals surface area (Å²) in [6.45, 7) is 0. The maximum absolute atomic E-state index is 11.2. The Morgan fingerprint density at radius 2 is 1.72 bits per heavy atom. The van der Waals surface area contributed by atoms with Gasteiger partial charge in [-0.15, -0.1) is 0 Å². The lowest BCUT2D eigenvalue weighted by Gasteiger charge is -2.08. The van der Waals surface area contributed by atoms with Crippen molar-refractivity contribution in [2.75, 3.05) is 12.4 Å². The predicted molar refractivity (Wildman–Crippen MR) is 71.0 cm³/mol. The number of benzene rings is 2. The first-order valence-electron chi connectivity index (χ1n) is 5.59. The third kappa shape index (κ3) is 3.25. The zero-order chi connectivity index (χ0) is 12.8. The van der Waals surface area contributed by atoms with Gasteiger partial charge in [0.2, 0.25) is 0 Å². The lowest BCUT2D eigenvalue weighted by atomic mass is 10.3. The van der Waals surface area contributed by atoms with Crippen molar-refractivity contribution in [3.05, 3.63) is 54.6 Å². The molecule has 0 aromatic heterocycles. The average molecular weight is 242 g/mol. The van der Waals surface area contributed by atoms with E-state index in [9.17, 15) is 4.79 Å². The maximum atomic E-state index is 11.2. The predicted octanol–water partition coefficient (Wildman–Crippen LogP) is 3.23. The number of urea groups is 1. The van der Waals surface area contributed by atoms with Crippen molar-refractivity contribution in [3.8, 4) is 11.5 Å². The van der Waals surface area contributed by atoms with Crippen LogP contribution in [0.2, 0.25) is 0 Å². The van der Waals surface area contributed by atoms with Gasteiger partial charge in [-0.2, -0.15) is 0 Å². The van der Waals surface area contributed by atoms with Gasteiger partial charge in [0.25, 0.3) is 0 Å². The Labute approximate surface area is 106 Å². The number of hydrogen-bond donors (Lipinski definition) is 2. The van der Waals surface area contributed by atoms with Gasteiger partial charge in [0.15, 0.2) is 0 Å². The molecule has 0 aliphatic carbocycles. The van der Waals surface area contributed by atoms with Gasteiger partial charge in [0, 0.05) is 18.8 Å². The minimum absolute atomic E-state index is 0.258. The fourth-order valence-corrected chi connectivity index (χ4v) is 1.46. The van der Waals surface area contributed by atoms with Gasteiger partial charge >= 0.3 is 6.03 Å². The third-order valence-corrected chi connectivity index (χ3v) is 2.30. The van der Waals surface area contributed by atoms with E-state index in [0.29, 0.717) is 11.4 Å². The Morgan fingerprint density at radius 3 is 2.44 bits per heavy atom. The third-order valence-electron chi connectivity index (χ3n) is 2.30. The summed E-state index contributed by atoms with van der Waals surface area (Å²) in [5, 5.41) is 5.18. The van der Waals surface area contributed by atoms with Crippen molar-refractivity contribution in [1.82, 2.24) is 5.32 Å². The van der Waals surface area contributed by atoms with Crippen LogP contribution in [0.1, 0.15) is 0 Å². The van der Waals surface area contributed by atoms with Crippen LogP contribution in [0.25, 0.3) is 0 Å². The highest BCUT2D eigenvalue weighted by Gasteiger charge is 2.01. The summed E-state index contributed by atoms with van der Waals surface area (Å²) in [6.07, 6.45) is 0. The molecular weight excluding hydrogens is 228 g/mol. The van der Waals surface area contributed by atoms with E-state index in [1.165, 1.54) is 0 Å². The normalized spacial score (nSPS) is 9.61. The molecule has 0 unspecified atom stereocenters. The fraction of sp³-hybridized carbons (Fsp3) is 0.0714. The lowest BCUT2D eigenvalue weighted by molar-refractivity contribution is 0.254. The first-order valence-corrected chi connectivity index (χ1v) is 5.59. The van der Waals surface area contributed by atoms with Gasteiger partial charge in [-0.1, -0.05) is 24.3 Å². The molecular formula is C14H14N2O2. The summed E-state index contributed by atoms with van der Waals surface area (Å²) >= 11 is 0. The van der Waals surface area contributed by atoms with Crippen molar-refractivity contribution in [2.45, 2.75) is 0 Å². The van der Waals surface area contributed by atoms with Crippen LogP contribution in [0.5, 0.6) is 11.5 Å². The number of carbonyl (C=O) groups is 1. The van der Waals surface area contributed by atoms with Crippen LogP contribution in [-0.4, -0.2) is 13.1 Å². The Balaban J connectivity index is 2.10. The van der Waals surface area contributed by atoms with Crippen molar-refractivity contribution in [2.24, 2.45) is 0 Å². The molecule has 0 spiro atoms. The van der Waals surface area contributed by atoms with Crippen molar-refractivity contribution >= 4 is 11.7 Å². The van der Waals surface area contributed by atoms with Crippen molar-refractivity contribution in [3.63, 3.8) is 0 Å². The molecule has 0 aliphatic heterocycles. The molecule has 2 aromatic rings. The van der Waals surface area contributed by atoms with E-state index in [1.54, 1.807) is 19.2 Å². The first-order chi connectivity index (χ1) is 8.78. The monoisotopic (exact) mass is 242 g/mol. The maximum Gasteiger partial charge on any atom is 0.318 e. The van der Waals surface area contributed by atoms with Gasteiger partial charge in [-0.3, -0.25) is 0 Å². The number of ether oxygens (including phenoxy) is 1. The highest BCUT2D eigenvalue weighted by molar-refractivity contribution is 5.89. The second-order valence-electron chi connectivity index (χ2n) is 3.65. The number of hydrogen-bond acceptors (Lipinski definition) is 2. The van der Waals surface area contributed by atoms with Crippen LogP contribution >= 0.6 is 0 Å². The van der Waals surface area contributed by atoms with Gasteiger partial charge in [-0.05, 0) is 24.3 Å². The summed E-state index contributed by atoms with van der Waals surface area (Å²) < 4.78 is 5.66. The van der Waals surface area contributed by atoms with Crippen LogP contribution in [0, 0.1) is 0 Å². The molecule has 4 heteroatoms. The van der Waals surface area contributed by atoms with E-state index in [0.717, 1.165) is 5.75 Å².